The lowest BCUT2D eigenvalue weighted by Crippen LogP contribution is -2.39. The van der Waals surface area contributed by atoms with Crippen LogP contribution in [0.15, 0.2) is 41.1 Å². The molecule has 0 spiro atoms. The average molecular weight is 290 g/mol. The van der Waals surface area contributed by atoms with Gasteiger partial charge < -0.3 is 9.47 Å². The van der Waals surface area contributed by atoms with E-state index in [1.54, 1.807) is 32.1 Å². The van der Waals surface area contributed by atoms with Crippen molar-refractivity contribution in [3.63, 3.8) is 0 Å². The van der Waals surface area contributed by atoms with E-state index in [2.05, 4.69) is 11.4 Å². The Hall–Kier alpha value is -1.81. The molecule has 0 saturated carbocycles. The zero-order valence-electron chi connectivity index (χ0n) is 11.9. The summed E-state index contributed by atoms with van der Waals surface area (Å²) in [5.41, 5.74) is 1.22. The first-order valence-electron chi connectivity index (χ1n) is 6.52. The summed E-state index contributed by atoms with van der Waals surface area (Å²) < 4.78 is 10.8. The fourth-order valence-corrected chi connectivity index (χ4v) is 2.47. The molecule has 0 N–H and O–H groups in total. The second kappa shape index (κ2) is 6.09. The SMILES string of the molecule is CCOC(=O)C(C)(C)Oc1cccc(-c2ccsc2)c1. The summed E-state index contributed by atoms with van der Waals surface area (Å²) in [4.78, 5) is 11.8. The Bertz CT molecular complexity index is 573. The van der Waals surface area contributed by atoms with Crippen molar-refractivity contribution in [2.45, 2.75) is 26.4 Å². The molecule has 0 bridgehead atoms. The Balaban J connectivity index is 2.18. The van der Waals surface area contributed by atoms with Crippen LogP contribution in [0.3, 0.4) is 0 Å². The van der Waals surface area contributed by atoms with Crippen molar-refractivity contribution < 1.29 is 14.3 Å². The standard InChI is InChI=1S/C16H18O3S/c1-4-18-15(17)16(2,3)19-14-7-5-6-12(10-14)13-8-9-20-11-13/h5-11H,4H2,1-3H3. The summed E-state index contributed by atoms with van der Waals surface area (Å²) in [5, 5.41) is 4.11. The van der Waals surface area contributed by atoms with E-state index < -0.39 is 5.60 Å². The number of esters is 1. The molecular weight excluding hydrogens is 272 g/mol. The van der Waals surface area contributed by atoms with Gasteiger partial charge in [-0.05, 0) is 60.9 Å². The van der Waals surface area contributed by atoms with Crippen LogP contribution in [0.5, 0.6) is 5.75 Å². The van der Waals surface area contributed by atoms with E-state index in [1.165, 1.54) is 0 Å². The Morgan fingerprint density at radius 2 is 2.05 bits per heavy atom. The Labute approximate surface area is 123 Å². The van der Waals surface area contributed by atoms with Crippen LogP contribution in [0.2, 0.25) is 0 Å². The highest BCUT2D eigenvalue weighted by atomic mass is 32.1. The minimum absolute atomic E-state index is 0.348. The summed E-state index contributed by atoms with van der Waals surface area (Å²) in [6.45, 7) is 5.55. The lowest BCUT2D eigenvalue weighted by molar-refractivity contribution is -0.158. The van der Waals surface area contributed by atoms with Gasteiger partial charge in [0.15, 0.2) is 5.60 Å². The first kappa shape index (κ1) is 14.6. The van der Waals surface area contributed by atoms with Crippen LogP contribution in [0.4, 0.5) is 0 Å². The largest absolute Gasteiger partial charge is 0.476 e. The van der Waals surface area contributed by atoms with E-state index in [0.717, 1.165) is 11.1 Å². The molecule has 106 valence electrons. The molecule has 20 heavy (non-hydrogen) atoms. The molecule has 0 aliphatic carbocycles. The van der Waals surface area contributed by atoms with Crippen molar-refractivity contribution in [2.75, 3.05) is 6.61 Å². The zero-order chi connectivity index (χ0) is 14.6. The quantitative estimate of drug-likeness (QED) is 0.776. The van der Waals surface area contributed by atoms with Crippen molar-refractivity contribution in [3.8, 4) is 16.9 Å². The molecule has 0 unspecified atom stereocenters. The van der Waals surface area contributed by atoms with Crippen molar-refractivity contribution in [2.24, 2.45) is 0 Å². The summed E-state index contributed by atoms with van der Waals surface area (Å²) in [5.74, 6) is 0.299. The zero-order valence-corrected chi connectivity index (χ0v) is 12.7. The van der Waals surface area contributed by atoms with Gasteiger partial charge in [0.25, 0.3) is 0 Å². The molecule has 2 rings (SSSR count). The minimum atomic E-state index is -0.997. The van der Waals surface area contributed by atoms with Gasteiger partial charge >= 0.3 is 5.97 Å². The van der Waals surface area contributed by atoms with Gasteiger partial charge in [-0.3, -0.25) is 0 Å². The molecule has 1 heterocycles. The maximum absolute atomic E-state index is 11.8. The summed E-state index contributed by atoms with van der Waals surface area (Å²) >= 11 is 1.65. The molecule has 1 aromatic carbocycles. The maximum Gasteiger partial charge on any atom is 0.349 e. The average Bonchev–Trinajstić information content (AvgIpc) is 2.92. The van der Waals surface area contributed by atoms with Gasteiger partial charge in [0, 0.05) is 0 Å². The van der Waals surface area contributed by atoms with Gasteiger partial charge in [0.1, 0.15) is 5.75 Å². The number of ether oxygens (including phenoxy) is 2. The minimum Gasteiger partial charge on any atom is -0.476 e. The van der Waals surface area contributed by atoms with Crippen LogP contribution in [-0.4, -0.2) is 18.2 Å². The van der Waals surface area contributed by atoms with Crippen molar-refractivity contribution in [1.82, 2.24) is 0 Å². The topological polar surface area (TPSA) is 35.5 Å². The monoisotopic (exact) mass is 290 g/mol. The van der Waals surface area contributed by atoms with E-state index in [-0.39, 0.29) is 5.97 Å². The van der Waals surface area contributed by atoms with Crippen LogP contribution in [0.25, 0.3) is 11.1 Å². The van der Waals surface area contributed by atoms with Gasteiger partial charge in [0.05, 0.1) is 6.61 Å². The van der Waals surface area contributed by atoms with Crippen LogP contribution in [-0.2, 0) is 9.53 Å². The van der Waals surface area contributed by atoms with Crippen molar-refractivity contribution >= 4 is 17.3 Å². The second-order valence-corrected chi connectivity index (χ2v) is 5.65. The summed E-state index contributed by atoms with van der Waals surface area (Å²) in [7, 11) is 0. The van der Waals surface area contributed by atoms with E-state index in [9.17, 15) is 4.79 Å². The molecule has 0 aliphatic rings. The predicted molar refractivity (Wildman–Crippen MR) is 81.1 cm³/mol. The molecule has 4 heteroatoms. The van der Waals surface area contributed by atoms with E-state index >= 15 is 0 Å². The summed E-state index contributed by atoms with van der Waals surface area (Å²) in [6.07, 6.45) is 0. The number of hydrogen-bond donors (Lipinski definition) is 0. The Morgan fingerprint density at radius 3 is 2.70 bits per heavy atom. The maximum atomic E-state index is 11.8. The lowest BCUT2D eigenvalue weighted by atomic mass is 10.1. The molecule has 0 aliphatic heterocycles. The number of rotatable bonds is 5. The highest BCUT2D eigenvalue weighted by Crippen LogP contribution is 2.27. The fourth-order valence-electron chi connectivity index (χ4n) is 1.81. The number of carbonyl (C=O) groups excluding carboxylic acids is 1. The molecule has 2 aromatic rings. The Kier molecular flexibility index (Phi) is 4.45. The molecule has 0 atom stereocenters. The predicted octanol–water partition coefficient (Wildman–Crippen LogP) is 4.14. The van der Waals surface area contributed by atoms with Crippen LogP contribution in [0, 0.1) is 0 Å². The van der Waals surface area contributed by atoms with Gasteiger partial charge in [-0.25, -0.2) is 4.79 Å². The van der Waals surface area contributed by atoms with Crippen molar-refractivity contribution in [1.29, 1.82) is 0 Å². The smallest absolute Gasteiger partial charge is 0.349 e. The number of benzene rings is 1. The van der Waals surface area contributed by atoms with Gasteiger partial charge in [-0.2, -0.15) is 11.3 Å². The Morgan fingerprint density at radius 1 is 1.25 bits per heavy atom. The van der Waals surface area contributed by atoms with Gasteiger partial charge in [-0.1, -0.05) is 12.1 Å². The second-order valence-electron chi connectivity index (χ2n) is 4.87. The number of hydrogen-bond acceptors (Lipinski definition) is 4. The van der Waals surface area contributed by atoms with Crippen LogP contribution < -0.4 is 4.74 Å². The van der Waals surface area contributed by atoms with Gasteiger partial charge in [0.2, 0.25) is 0 Å². The molecule has 0 radical (unpaired) electrons. The van der Waals surface area contributed by atoms with Crippen LogP contribution in [0.1, 0.15) is 20.8 Å². The highest BCUT2D eigenvalue weighted by Gasteiger charge is 2.31. The third kappa shape index (κ3) is 3.39. The number of thiophene rings is 1. The highest BCUT2D eigenvalue weighted by molar-refractivity contribution is 7.08. The van der Waals surface area contributed by atoms with Crippen molar-refractivity contribution in [3.05, 3.63) is 41.1 Å². The van der Waals surface area contributed by atoms with E-state index in [4.69, 9.17) is 9.47 Å². The molecule has 0 saturated heterocycles. The summed E-state index contributed by atoms with van der Waals surface area (Å²) in [6, 6.07) is 9.77. The first-order chi connectivity index (χ1) is 9.53. The third-order valence-electron chi connectivity index (χ3n) is 2.83. The third-order valence-corrected chi connectivity index (χ3v) is 3.51. The van der Waals surface area contributed by atoms with E-state index in [1.807, 2.05) is 29.6 Å². The lowest BCUT2D eigenvalue weighted by Gasteiger charge is -2.24. The number of carbonyl (C=O) groups is 1. The van der Waals surface area contributed by atoms with Gasteiger partial charge in [-0.15, -0.1) is 0 Å². The van der Waals surface area contributed by atoms with Crippen LogP contribution >= 0.6 is 11.3 Å². The first-order valence-corrected chi connectivity index (χ1v) is 7.46. The molecule has 1 aromatic heterocycles. The molecule has 0 amide bonds. The normalized spacial score (nSPS) is 11.2. The van der Waals surface area contributed by atoms with E-state index in [0.29, 0.717) is 12.4 Å². The molecule has 0 fully saturated rings. The fraction of sp³-hybridized carbons (Fsp3) is 0.312. The molecule has 3 nitrogen and oxygen atoms in total. The molecular formula is C16H18O3S.